The highest BCUT2D eigenvalue weighted by Gasteiger charge is 2.06. The molecule has 0 aliphatic heterocycles. The standard InChI is InChI=1S/C11H20N2S/c1-5-10(6-2)7-12-11-13-8(3)9(4)14-11/h10H,5-7H2,1-4H3,(H,12,13). The van der Waals surface area contributed by atoms with Gasteiger partial charge in [-0.2, -0.15) is 0 Å². The third-order valence-corrected chi connectivity index (χ3v) is 3.76. The Morgan fingerprint density at radius 2 is 1.93 bits per heavy atom. The van der Waals surface area contributed by atoms with E-state index >= 15 is 0 Å². The molecule has 1 aromatic heterocycles. The van der Waals surface area contributed by atoms with Crippen LogP contribution in [0.4, 0.5) is 5.13 Å². The highest BCUT2D eigenvalue weighted by molar-refractivity contribution is 7.15. The van der Waals surface area contributed by atoms with Crippen LogP contribution in [0, 0.1) is 19.8 Å². The molecule has 1 heterocycles. The summed E-state index contributed by atoms with van der Waals surface area (Å²) >= 11 is 1.76. The Hall–Kier alpha value is -0.570. The largest absolute Gasteiger partial charge is 0.361 e. The molecule has 2 nitrogen and oxygen atoms in total. The first kappa shape index (κ1) is 11.5. The first-order chi connectivity index (χ1) is 6.67. The Morgan fingerprint density at radius 3 is 2.36 bits per heavy atom. The zero-order valence-electron chi connectivity index (χ0n) is 9.55. The Kier molecular flexibility index (Phi) is 4.39. The van der Waals surface area contributed by atoms with Crippen LogP contribution in [0.2, 0.25) is 0 Å². The van der Waals surface area contributed by atoms with Crippen LogP contribution in [0.25, 0.3) is 0 Å². The van der Waals surface area contributed by atoms with Gasteiger partial charge in [-0.25, -0.2) is 4.98 Å². The molecule has 0 saturated heterocycles. The molecular weight excluding hydrogens is 192 g/mol. The zero-order chi connectivity index (χ0) is 10.6. The number of anilines is 1. The average Bonchev–Trinajstić information content (AvgIpc) is 2.48. The van der Waals surface area contributed by atoms with Gasteiger partial charge in [-0.1, -0.05) is 26.7 Å². The van der Waals surface area contributed by atoms with E-state index in [1.54, 1.807) is 11.3 Å². The second kappa shape index (κ2) is 5.35. The van der Waals surface area contributed by atoms with Crippen molar-refractivity contribution < 1.29 is 0 Å². The zero-order valence-corrected chi connectivity index (χ0v) is 10.4. The second-order valence-electron chi connectivity index (χ2n) is 3.72. The molecule has 0 atom stereocenters. The van der Waals surface area contributed by atoms with E-state index in [0.29, 0.717) is 0 Å². The lowest BCUT2D eigenvalue weighted by molar-refractivity contribution is 0.519. The van der Waals surface area contributed by atoms with Crippen LogP contribution in [0.1, 0.15) is 37.3 Å². The molecule has 3 heteroatoms. The number of rotatable bonds is 5. The summed E-state index contributed by atoms with van der Waals surface area (Å²) in [6, 6.07) is 0. The fourth-order valence-corrected chi connectivity index (χ4v) is 2.18. The predicted molar refractivity (Wildman–Crippen MR) is 64.1 cm³/mol. The molecule has 1 aromatic rings. The number of thiazole rings is 1. The van der Waals surface area contributed by atoms with E-state index in [1.165, 1.54) is 17.7 Å². The van der Waals surface area contributed by atoms with E-state index in [2.05, 4.69) is 38.0 Å². The van der Waals surface area contributed by atoms with Crippen molar-refractivity contribution in [2.75, 3.05) is 11.9 Å². The maximum absolute atomic E-state index is 4.46. The van der Waals surface area contributed by atoms with Crippen molar-refractivity contribution in [3.05, 3.63) is 10.6 Å². The van der Waals surface area contributed by atoms with E-state index in [4.69, 9.17) is 0 Å². The Morgan fingerprint density at radius 1 is 1.29 bits per heavy atom. The maximum Gasteiger partial charge on any atom is 0.183 e. The van der Waals surface area contributed by atoms with Gasteiger partial charge in [0.25, 0.3) is 0 Å². The molecule has 0 unspecified atom stereocenters. The number of hydrogen-bond donors (Lipinski definition) is 1. The Balaban J connectivity index is 2.45. The molecule has 0 saturated carbocycles. The summed E-state index contributed by atoms with van der Waals surface area (Å²) in [5.74, 6) is 0.777. The molecule has 0 radical (unpaired) electrons. The lowest BCUT2D eigenvalue weighted by Gasteiger charge is -2.11. The molecule has 0 aliphatic carbocycles. The third kappa shape index (κ3) is 2.98. The molecule has 1 N–H and O–H groups in total. The number of nitrogens with zero attached hydrogens (tertiary/aromatic N) is 1. The summed E-state index contributed by atoms with van der Waals surface area (Å²) < 4.78 is 0. The van der Waals surface area contributed by atoms with Crippen molar-refractivity contribution in [3.63, 3.8) is 0 Å². The van der Waals surface area contributed by atoms with E-state index in [1.807, 2.05) is 0 Å². The van der Waals surface area contributed by atoms with Gasteiger partial charge in [0.05, 0.1) is 5.69 Å². The molecule has 80 valence electrons. The second-order valence-corrected chi connectivity index (χ2v) is 4.93. The minimum absolute atomic E-state index is 0.777. The van der Waals surface area contributed by atoms with Gasteiger partial charge >= 0.3 is 0 Å². The van der Waals surface area contributed by atoms with E-state index in [9.17, 15) is 0 Å². The highest BCUT2D eigenvalue weighted by atomic mass is 32.1. The molecular formula is C11H20N2S. The minimum Gasteiger partial charge on any atom is -0.361 e. The van der Waals surface area contributed by atoms with Gasteiger partial charge in [0.1, 0.15) is 0 Å². The fraction of sp³-hybridized carbons (Fsp3) is 0.727. The molecule has 0 aromatic carbocycles. The fourth-order valence-electron chi connectivity index (χ4n) is 1.36. The van der Waals surface area contributed by atoms with Crippen LogP contribution in [0.3, 0.4) is 0 Å². The minimum atomic E-state index is 0.777. The van der Waals surface area contributed by atoms with E-state index in [0.717, 1.165) is 23.3 Å². The number of hydrogen-bond acceptors (Lipinski definition) is 3. The summed E-state index contributed by atoms with van der Waals surface area (Å²) in [6.07, 6.45) is 2.49. The summed E-state index contributed by atoms with van der Waals surface area (Å²) in [6.45, 7) is 9.73. The number of aryl methyl sites for hydroxylation is 2. The number of nitrogens with one attached hydrogen (secondary N) is 1. The monoisotopic (exact) mass is 212 g/mol. The molecule has 0 amide bonds. The molecule has 14 heavy (non-hydrogen) atoms. The van der Waals surface area contributed by atoms with Crippen molar-refractivity contribution in [2.45, 2.75) is 40.5 Å². The van der Waals surface area contributed by atoms with Crippen molar-refractivity contribution in [2.24, 2.45) is 5.92 Å². The topological polar surface area (TPSA) is 24.9 Å². The molecule has 0 bridgehead atoms. The Labute approximate surface area is 90.8 Å². The van der Waals surface area contributed by atoms with Gasteiger partial charge in [0, 0.05) is 11.4 Å². The summed E-state index contributed by atoms with van der Waals surface area (Å²) in [5.41, 5.74) is 1.15. The first-order valence-electron chi connectivity index (χ1n) is 5.35. The van der Waals surface area contributed by atoms with E-state index in [-0.39, 0.29) is 0 Å². The molecule has 0 aliphatic rings. The lowest BCUT2D eigenvalue weighted by atomic mass is 10.0. The van der Waals surface area contributed by atoms with Gasteiger partial charge in [-0.3, -0.25) is 0 Å². The van der Waals surface area contributed by atoms with Crippen LogP contribution < -0.4 is 5.32 Å². The van der Waals surface area contributed by atoms with Crippen molar-refractivity contribution in [3.8, 4) is 0 Å². The lowest BCUT2D eigenvalue weighted by Crippen LogP contribution is -2.12. The smallest absolute Gasteiger partial charge is 0.183 e. The SMILES string of the molecule is CCC(CC)CNc1nc(C)c(C)s1. The van der Waals surface area contributed by atoms with Gasteiger partial charge in [-0.05, 0) is 19.8 Å². The van der Waals surface area contributed by atoms with Crippen LogP contribution in [0.15, 0.2) is 0 Å². The normalized spacial score (nSPS) is 10.9. The maximum atomic E-state index is 4.46. The van der Waals surface area contributed by atoms with Gasteiger partial charge < -0.3 is 5.32 Å². The summed E-state index contributed by atoms with van der Waals surface area (Å²) in [7, 11) is 0. The quantitative estimate of drug-likeness (QED) is 0.806. The van der Waals surface area contributed by atoms with Gasteiger partial charge in [0.2, 0.25) is 0 Å². The summed E-state index contributed by atoms with van der Waals surface area (Å²) in [5, 5.41) is 4.49. The van der Waals surface area contributed by atoms with E-state index < -0.39 is 0 Å². The van der Waals surface area contributed by atoms with Crippen molar-refractivity contribution in [1.82, 2.24) is 4.98 Å². The van der Waals surface area contributed by atoms with Crippen LogP contribution in [0.5, 0.6) is 0 Å². The molecule has 0 spiro atoms. The van der Waals surface area contributed by atoms with Gasteiger partial charge in [0.15, 0.2) is 5.13 Å². The Bertz CT molecular complexity index is 257. The molecule has 0 fully saturated rings. The third-order valence-electron chi connectivity index (χ3n) is 2.73. The highest BCUT2D eigenvalue weighted by Crippen LogP contribution is 2.21. The van der Waals surface area contributed by atoms with Crippen LogP contribution in [-0.2, 0) is 0 Å². The first-order valence-corrected chi connectivity index (χ1v) is 6.16. The van der Waals surface area contributed by atoms with Crippen molar-refractivity contribution >= 4 is 16.5 Å². The van der Waals surface area contributed by atoms with Crippen LogP contribution >= 0.6 is 11.3 Å². The van der Waals surface area contributed by atoms with Gasteiger partial charge in [-0.15, -0.1) is 11.3 Å². The van der Waals surface area contributed by atoms with Crippen LogP contribution in [-0.4, -0.2) is 11.5 Å². The summed E-state index contributed by atoms with van der Waals surface area (Å²) in [4.78, 5) is 5.77. The average molecular weight is 212 g/mol. The number of aromatic nitrogens is 1. The van der Waals surface area contributed by atoms with Crippen molar-refractivity contribution in [1.29, 1.82) is 0 Å². The predicted octanol–water partition coefficient (Wildman–Crippen LogP) is 3.61. The molecule has 1 rings (SSSR count).